The second-order valence-corrected chi connectivity index (χ2v) is 5.81. The number of rotatable bonds is 4. The van der Waals surface area contributed by atoms with Gasteiger partial charge in [0.15, 0.2) is 0 Å². The van der Waals surface area contributed by atoms with Crippen molar-refractivity contribution in [2.24, 2.45) is 7.05 Å². The first-order valence-electron chi connectivity index (χ1n) is 7.86. The first-order valence-corrected chi connectivity index (χ1v) is 7.86. The van der Waals surface area contributed by atoms with Crippen molar-refractivity contribution < 1.29 is 9.53 Å². The summed E-state index contributed by atoms with van der Waals surface area (Å²) < 4.78 is 7.52. The van der Waals surface area contributed by atoms with Crippen molar-refractivity contribution in [2.45, 2.75) is 19.1 Å². The summed E-state index contributed by atoms with van der Waals surface area (Å²) >= 11 is 0. The number of amides is 2. The monoisotopic (exact) mass is 314 g/mol. The molecular weight excluding hydrogens is 292 g/mol. The quantitative estimate of drug-likeness (QED) is 0.932. The van der Waals surface area contributed by atoms with E-state index in [9.17, 15) is 4.79 Å². The summed E-state index contributed by atoms with van der Waals surface area (Å²) in [6.07, 6.45) is 4.54. The molecule has 6 heteroatoms. The minimum absolute atomic E-state index is 0.0461. The average Bonchev–Trinajstić information content (AvgIpc) is 2.99. The summed E-state index contributed by atoms with van der Waals surface area (Å²) in [6.45, 7) is 2.32. The highest BCUT2D eigenvalue weighted by molar-refractivity contribution is 5.74. The van der Waals surface area contributed by atoms with E-state index in [4.69, 9.17) is 4.74 Å². The summed E-state index contributed by atoms with van der Waals surface area (Å²) in [4.78, 5) is 14.1. The van der Waals surface area contributed by atoms with E-state index in [1.54, 1.807) is 10.9 Å². The van der Waals surface area contributed by atoms with Gasteiger partial charge < -0.3 is 15.0 Å². The maximum Gasteiger partial charge on any atom is 0.317 e. The number of carbonyl (C=O) groups excluding carboxylic acids is 1. The van der Waals surface area contributed by atoms with Crippen molar-refractivity contribution in [2.75, 3.05) is 19.7 Å². The number of hydrogen-bond donors (Lipinski definition) is 1. The van der Waals surface area contributed by atoms with Crippen LogP contribution in [0.4, 0.5) is 4.79 Å². The molecule has 1 fully saturated rings. The van der Waals surface area contributed by atoms with Crippen LogP contribution in [0.3, 0.4) is 0 Å². The second kappa shape index (κ2) is 7.28. The van der Waals surface area contributed by atoms with E-state index < -0.39 is 0 Å². The number of aromatic nitrogens is 2. The molecule has 0 unspecified atom stereocenters. The van der Waals surface area contributed by atoms with Crippen LogP contribution in [0, 0.1) is 0 Å². The summed E-state index contributed by atoms with van der Waals surface area (Å²) in [5.41, 5.74) is 2.23. The molecule has 2 aromatic rings. The largest absolute Gasteiger partial charge is 0.374 e. The molecule has 122 valence electrons. The lowest BCUT2D eigenvalue weighted by atomic mass is 10.1. The number of urea groups is 1. The smallest absolute Gasteiger partial charge is 0.317 e. The molecular formula is C17H22N4O2. The number of aryl methyl sites for hydroxylation is 1. The van der Waals surface area contributed by atoms with Gasteiger partial charge in [-0.05, 0) is 5.56 Å². The zero-order valence-corrected chi connectivity index (χ0v) is 13.3. The molecule has 1 aromatic heterocycles. The Labute approximate surface area is 136 Å². The normalized spacial score (nSPS) is 18.0. The first-order chi connectivity index (χ1) is 11.2. The van der Waals surface area contributed by atoms with Crippen molar-refractivity contribution in [1.82, 2.24) is 20.0 Å². The summed E-state index contributed by atoms with van der Waals surface area (Å²) in [5, 5.41) is 7.04. The van der Waals surface area contributed by atoms with E-state index in [-0.39, 0.29) is 12.1 Å². The molecule has 0 radical (unpaired) electrons. The lowest BCUT2D eigenvalue weighted by Gasteiger charge is -2.33. The van der Waals surface area contributed by atoms with Crippen LogP contribution in [-0.4, -0.2) is 46.5 Å². The van der Waals surface area contributed by atoms with Crippen LogP contribution in [0.25, 0.3) is 0 Å². The number of ether oxygens (including phenoxy) is 1. The van der Waals surface area contributed by atoms with E-state index in [0.29, 0.717) is 26.2 Å². The highest BCUT2D eigenvalue weighted by Gasteiger charge is 2.24. The van der Waals surface area contributed by atoms with Crippen LogP contribution in [-0.2, 0) is 24.8 Å². The maximum absolute atomic E-state index is 12.3. The lowest BCUT2D eigenvalue weighted by Crippen LogP contribution is -2.50. The number of morpholine rings is 1. The maximum atomic E-state index is 12.3. The predicted molar refractivity (Wildman–Crippen MR) is 86.9 cm³/mol. The van der Waals surface area contributed by atoms with Crippen LogP contribution in [0.5, 0.6) is 0 Å². The second-order valence-electron chi connectivity index (χ2n) is 5.81. The standard InChI is InChI=1S/C17H22N4O2/c1-20-12-15(11-19-20)10-18-17(22)21-7-8-23-16(13-21)9-14-5-3-2-4-6-14/h2-6,11-12,16H,7-10,13H2,1H3,(H,18,22)/t16-/m1/s1. The molecule has 3 rings (SSSR count). The van der Waals surface area contributed by atoms with Gasteiger partial charge in [-0.3, -0.25) is 4.68 Å². The van der Waals surface area contributed by atoms with E-state index >= 15 is 0 Å². The highest BCUT2D eigenvalue weighted by atomic mass is 16.5. The van der Waals surface area contributed by atoms with E-state index in [1.165, 1.54) is 5.56 Å². The van der Waals surface area contributed by atoms with Gasteiger partial charge in [-0.1, -0.05) is 30.3 Å². The van der Waals surface area contributed by atoms with Crippen molar-refractivity contribution in [3.05, 3.63) is 53.9 Å². The Kier molecular flexibility index (Phi) is 4.92. The molecule has 0 aliphatic carbocycles. The van der Waals surface area contributed by atoms with E-state index in [2.05, 4.69) is 22.5 Å². The Balaban J connectivity index is 1.50. The Bertz CT molecular complexity index is 641. The van der Waals surface area contributed by atoms with Crippen LogP contribution in [0.15, 0.2) is 42.7 Å². The third kappa shape index (κ3) is 4.32. The topological polar surface area (TPSA) is 59.4 Å². The van der Waals surface area contributed by atoms with Gasteiger partial charge in [0.1, 0.15) is 0 Å². The van der Waals surface area contributed by atoms with E-state index in [0.717, 1.165) is 12.0 Å². The Hall–Kier alpha value is -2.34. The van der Waals surface area contributed by atoms with Gasteiger partial charge in [0, 0.05) is 44.9 Å². The molecule has 1 saturated heterocycles. The summed E-state index contributed by atoms with van der Waals surface area (Å²) in [5.74, 6) is 0. The zero-order valence-electron chi connectivity index (χ0n) is 13.3. The van der Waals surface area contributed by atoms with Gasteiger partial charge in [0.25, 0.3) is 0 Å². The Morgan fingerprint density at radius 2 is 2.17 bits per heavy atom. The Morgan fingerprint density at radius 1 is 1.35 bits per heavy atom. The molecule has 1 aliphatic rings. The molecule has 1 atom stereocenters. The van der Waals surface area contributed by atoms with Gasteiger partial charge in [-0.15, -0.1) is 0 Å². The average molecular weight is 314 g/mol. The van der Waals surface area contributed by atoms with Crippen molar-refractivity contribution >= 4 is 6.03 Å². The molecule has 1 aromatic carbocycles. The van der Waals surface area contributed by atoms with Crippen molar-refractivity contribution in [1.29, 1.82) is 0 Å². The summed E-state index contributed by atoms with van der Waals surface area (Å²) in [7, 11) is 1.86. The van der Waals surface area contributed by atoms with Crippen LogP contribution in [0.2, 0.25) is 0 Å². The van der Waals surface area contributed by atoms with Gasteiger partial charge >= 0.3 is 6.03 Å². The molecule has 2 amide bonds. The van der Waals surface area contributed by atoms with Crippen molar-refractivity contribution in [3.63, 3.8) is 0 Å². The van der Waals surface area contributed by atoms with Gasteiger partial charge in [0.2, 0.25) is 0 Å². The number of carbonyl (C=O) groups is 1. The predicted octanol–water partition coefficient (Wildman–Crippen LogP) is 1.57. The zero-order chi connectivity index (χ0) is 16.1. The molecule has 6 nitrogen and oxygen atoms in total. The fourth-order valence-corrected chi connectivity index (χ4v) is 2.76. The lowest BCUT2D eigenvalue weighted by molar-refractivity contribution is -0.0133. The molecule has 0 spiro atoms. The number of nitrogens with one attached hydrogen (secondary N) is 1. The fourth-order valence-electron chi connectivity index (χ4n) is 2.76. The summed E-state index contributed by atoms with van der Waals surface area (Å²) in [6, 6.07) is 10.2. The molecule has 23 heavy (non-hydrogen) atoms. The van der Waals surface area contributed by atoms with E-state index in [1.807, 2.05) is 36.3 Å². The van der Waals surface area contributed by atoms with Crippen LogP contribution >= 0.6 is 0 Å². The van der Waals surface area contributed by atoms with Gasteiger partial charge in [-0.25, -0.2) is 4.79 Å². The molecule has 2 heterocycles. The Morgan fingerprint density at radius 3 is 2.91 bits per heavy atom. The minimum Gasteiger partial charge on any atom is -0.374 e. The van der Waals surface area contributed by atoms with Gasteiger partial charge in [0.05, 0.1) is 18.9 Å². The number of hydrogen-bond acceptors (Lipinski definition) is 3. The van der Waals surface area contributed by atoms with Gasteiger partial charge in [-0.2, -0.15) is 5.10 Å². The third-order valence-electron chi connectivity index (χ3n) is 3.93. The van der Waals surface area contributed by atoms with Crippen molar-refractivity contribution in [3.8, 4) is 0 Å². The van der Waals surface area contributed by atoms with Crippen LogP contribution < -0.4 is 5.32 Å². The molecule has 0 bridgehead atoms. The fraction of sp³-hybridized carbons (Fsp3) is 0.412. The van der Waals surface area contributed by atoms with Crippen LogP contribution in [0.1, 0.15) is 11.1 Å². The first kappa shape index (κ1) is 15.6. The molecule has 0 saturated carbocycles. The molecule has 1 aliphatic heterocycles. The highest BCUT2D eigenvalue weighted by Crippen LogP contribution is 2.12. The minimum atomic E-state index is -0.0461. The third-order valence-corrected chi connectivity index (χ3v) is 3.93. The molecule has 1 N–H and O–H groups in total. The number of nitrogens with zero attached hydrogens (tertiary/aromatic N) is 3. The SMILES string of the molecule is Cn1cc(CNC(=O)N2CCO[C@H](Cc3ccccc3)C2)cn1. The number of benzene rings is 1.